The van der Waals surface area contributed by atoms with Gasteiger partial charge in [0, 0.05) is 29.1 Å². The smallest absolute Gasteiger partial charge is 0.0459 e. The van der Waals surface area contributed by atoms with Crippen LogP contribution in [0.4, 0.5) is 0 Å². The zero-order chi connectivity index (χ0) is 12.1. The average molecular weight is 240 g/mol. The van der Waals surface area contributed by atoms with Crippen LogP contribution in [0.2, 0.25) is 0 Å². The number of piperidine rings is 1. The summed E-state index contributed by atoms with van der Waals surface area (Å²) in [7, 11) is 2.26. The van der Waals surface area contributed by atoms with E-state index in [9.17, 15) is 0 Å². The van der Waals surface area contributed by atoms with Crippen LogP contribution in [0.3, 0.4) is 0 Å². The van der Waals surface area contributed by atoms with Gasteiger partial charge >= 0.3 is 0 Å². The normalized spacial score (nSPS) is 28.1. The van der Waals surface area contributed by atoms with Crippen molar-refractivity contribution in [2.45, 2.75) is 25.2 Å². The molecule has 2 atom stereocenters. The standard InChI is InChI=1S/C16H20N2/c1-18-9-8-11-6-7-15-16(13(11)10-18)12-4-2-3-5-14(12)17-15/h2-5,11,13,17H,6-10H2,1H3/t11-,13-/m0/s1. The Bertz CT molecular complexity index is 584. The minimum atomic E-state index is 0.753. The molecule has 0 radical (unpaired) electrons. The first-order valence-corrected chi connectivity index (χ1v) is 7.11. The molecule has 2 aliphatic rings. The van der Waals surface area contributed by atoms with Gasteiger partial charge in [-0.25, -0.2) is 0 Å². The van der Waals surface area contributed by atoms with Crippen LogP contribution in [-0.4, -0.2) is 30.0 Å². The molecule has 2 heterocycles. The van der Waals surface area contributed by atoms with Crippen molar-refractivity contribution < 1.29 is 0 Å². The predicted molar refractivity (Wildman–Crippen MR) is 75.0 cm³/mol. The zero-order valence-electron chi connectivity index (χ0n) is 10.9. The number of nitrogens with zero attached hydrogens (tertiary/aromatic N) is 1. The number of likely N-dealkylation sites (N-methyl/N-ethyl adjacent to an activating group) is 1. The summed E-state index contributed by atoms with van der Waals surface area (Å²) >= 11 is 0. The molecule has 4 rings (SSSR count). The van der Waals surface area contributed by atoms with Crippen molar-refractivity contribution in [2.24, 2.45) is 5.92 Å². The Morgan fingerprint density at radius 1 is 1.22 bits per heavy atom. The molecule has 1 aromatic heterocycles. The monoisotopic (exact) mass is 240 g/mol. The van der Waals surface area contributed by atoms with E-state index >= 15 is 0 Å². The molecule has 1 saturated heterocycles. The summed E-state index contributed by atoms with van der Waals surface area (Å²) in [5.74, 6) is 1.66. The molecule has 0 amide bonds. The minimum Gasteiger partial charge on any atom is -0.358 e. The third-order valence-electron chi connectivity index (χ3n) is 4.92. The van der Waals surface area contributed by atoms with Gasteiger partial charge in [-0.15, -0.1) is 0 Å². The summed E-state index contributed by atoms with van der Waals surface area (Å²) in [6.07, 6.45) is 3.99. The van der Waals surface area contributed by atoms with E-state index in [1.807, 2.05) is 0 Å². The third-order valence-corrected chi connectivity index (χ3v) is 4.92. The number of aryl methyl sites for hydroxylation is 1. The maximum atomic E-state index is 3.65. The highest BCUT2D eigenvalue weighted by Crippen LogP contribution is 2.43. The number of hydrogen-bond donors (Lipinski definition) is 1. The fourth-order valence-electron chi connectivity index (χ4n) is 4.01. The van der Waals surface area contributed by atoms with Crippen molar-refractivity contribution in [1.82, 2.24) is 9.88 Å². The maximum Gasteiger partial charge on any atom is 0.0459 e. The second kappa shape index (κ2) is 3.86. The number of nitrogens with one attached hydrogen (secondary N) is 1. The van der Waals surface area contributed by atoms with Crippen LogP contribution in [0.25, 0.3) is 10.9 Å². The molecule has 0 unspecified atom stereocenters. The lowest BCUT2D eigenvalue weighted by Gasteiger charge is -2.40. The molecule has 0 saturated carbocycles. The highest BCUT2D eigenvalue weighted by molar-refractivity contribution is 5.85. The average Bonchev–Trinajstić information content (AvgIpc) is 2.77. The number of para-hydroxylation sites is 1. The summed E-state index contributed by atoms with van der Waals surface area (Å²) in [6.45, 7) is 2.51. The van der Waals surface area contributed by atoms with Crippen molar-refractivity contribution in [2.75, 3.05) is 20.1 Å². The van der Waals surface area contributed by atoms with E-state index in [0.717, 1.165) is 11.8 Å². The summed E-state index contributed by atoms with van der Waals surface area (Å²) in [4.78, 5) is 6.14. The fourth-order valence-corrected chi connectivity index (χ4v) is 4.01. The lowest BCUT2D eigenvalue weighted by atomic mass is 9.73. The number of aromatic amines is 1. The Morgan fingerprint density at radius 2 is 2.11 bits per heavy atom. The van der Waals surface area contributed by atoms with Gasteiger partial charge < -0.3 is 9.88 Å². The summed E-state index contributed by atoms with van der Waals surface area (Å²) in [6, 6.07) is 8.82. The fraction of sp³-hybridized carbons (Fsp3) is 0.500. The first-order valence-electron chi connectivity index (χ1n) is 7.11. The molecular weight excluding hydrogens is 220 g/mol. The van der Waals surface area contributed by atoms with Crippen LogP contribution < -0.4 is 0 Å². The molecule has 94 valence electrons. The van der Waals surface area contributed by atoms with Crippen LogP contribution in [-0.2, 0) is 6.42 Å². The van der Waals surface area contributed by atoms with Gasteiger partial charge in [0.2, 0.25) is 0 Å². The minimum absolute atomic E-state index is 0.753. The predicted octanol–water partition coefficient (Wildman–Crippen LogP) is 3.15. The Hall–Kier alpha value is -1.28. The van der Waals surface area contributed by atoms with E-state index in [-0.39, 0.29) is 0 Å². The number of likely N-dealkylation sites (tertiary alicyclic amines) is 1. The number of benzene rings is 1. The van der Waals surface area contributed by atoms with Crippen LogP contribution in [0.1, 0.15) is 30.0 Å². The topological polar surface area (TPSA) is 19.0 Å². The van der Waals surface area contributed by atoms with E-state index in [2.05, 4.69) is 41.2 Å². The van der Waals surface area contributed by atoms with Crippen molar-refractivity contribution in [3.05, 3.63) is 35.5 Å². The molecule has 1 N–H and O–H groups in total. The molecule has 1 aliphatic carbocycles. The van der Waals surface area contributed by atoms with Gasteiger partial charge in [0.05, 0.1) is 0 Å². The van der Waals surface area contributed by atoms with E-state index in [0.29, 0.717) is 0 Å². The largest absolute Gasteiger partial charge is 0.358 e. The summed E-state index contributed by atoms with van der Waals surface area (Å²) in [5, 5.41) is 1.47. The SMILES string of the molecule is CN1CC[C@@H]2CCc3[nH]c4ccccc4c3[C@H]2C1. The van der Waals surface area contributed by atoms with Crippen LogP contribution in [0, 0.1) is 5.92 Å². The molecular formula is C16H20N2. The summed E-state index contributed by atoms with van der Waals surface area (Å²) < 4.78 is 0. The van der Waals surface area contributed by atoms with Gasteiger partial charge in [0.25, 0.3) is 0 Å². The number of aromatic nitrogens is 1. The molecule has 2 aromatic rings. The van der Waals surface area contributed by atoms with Crippen molar-refractivity contribution in [3.8, 4) is 0 Å². The highest BCUT2D eigenvalue weighted by atomic mass is 15.1. The molecule has 1 aliphatic heterocycles. The molecule has 0 spiro atoms. The van der Waals surface area contributed by atoms with Crippen LogP contribution in [0.15, 0.2) is 24.3 Å². The first kappa shape index (κ1) is 10.6. The van der Waals surface area contributed by atoms with Crippen molar-refractivity contribution in [1.29, 1.82) is 0 Å². The van der Waals surface area contributed by atoms with E-state index in [4.69, 9.17) is 0 Å². The maximum absolute atomic E-state index is 3.65. The zero-order valence-corrected chi connectivity index (χ0v) is 10.9. The van der Waals surface area contributed by atoms with Crippen molar-refractivity contribution in [3.63, 3.8) is 0 Å². The third kappa shape index (κ3) is 1.45. The van der Waals surface area contributed by atoms with E-state index in [1.165, 1.54) is 48.9 Å². The van der Waals surface area contributed by atoms with Gasteiger partial charge in [-0.3, -0.25) is 0 Å². The van der Waals surface area contributed by atoms with Gasteiger partial charge in [0.15, 0.2) is 0 Å². The molecule has 1 fully saturated rings. The molecule has 18 heavy (non-hydrogen) atoms. The van der Waals surface area contributed by atoms with Gasteiger partial charge in [-0.2, -0.15) is 0 Å². The van der Waals surface area contributed by atoms with E-state index < -0.39 is 0 Å². The Balaban J connectivity index is 1.89. The first-order chi connectivity index (χ1) is 8.83. The number of rotatable bonds is 0. The second-order valence-electron chi connectivity index (χ2n) is 6.02. The Morgan fingerprint density at radius 3 is 3.06 bits per heavy atom. The lowest BCUT2D eigenvalue weighted by Crippen LogP contribution is -2.38. The number of hydrogen-bond acceptors (Lipinski definition) is 1. The molecule has 2 heteroatoms. The van der Waals surface area contributed by atoms with Crippen molar-refractivity contribution >= 4 is 10.9 Å². The van der Waals surface area contributed by atoms with Crippen LogP contribution >= 0.6 is 0 Å². The quantitative estimate of drug-likeness (QED) is 0.749. The molecule has 0 bridgehead atoms. The Kier molecular flexibility index (Phi) is 2.28. The number of H-pyrrole nitrogens is 1. The highest BCUT2D eigenvalue weighted by Gasteiger charge is 2.35. The van der Waals surface area contributed by atoms with Crippen LogP contribution in [0.5, 0.6) is 0 Å². The molecule has 2 nitrogen and oxygen atoms in total. The second-order valence-corrected chi connectivity index (χ2v) is 6.02. The summed E-state index contributed by atoms with van der Waals surface area (Å²) in [5.41, 5.74) is 4.47. The Labute approximate surface area is 108 Å². The van der Waals surface area contributed by atoms with Gasteiger partial charge in [0.1, 0.15) is 0 Å². The van der Waals surface area contributed by atoms with Gasteiger partial charge in [-0.05, 0) is 50.4 Å². The lowest BCUT2D eigenvalue weighted by molar-refractivity contribution is 0.174. The molecule has 1 aromatic carbocycles. The van der Waals surface area contributed by atoms with E-state index in [1.54, 1.807) is 5.56 Å². The number of fused-ring (bicyclic) bond motifs is 5. The van der Waals surface area contributed by atoms with Gasteiger partial charge in [-0.1, -0.05) is 18.2 Å².